The summed E-state index contributed by atoms with van der Waals surface area (Å²) in [5.74, 6) is 0.0232. The van der Waals surface area contributed by atoms with Gasteiger partial charge in [0.1, 0.15) is 5.75 Å². The second kappa shape index (κ2) is 8.60. The summed E-state index contributed by atoms with van der Waals surface area (Å²) in [6.07, 6.45) is 2.11. The lowest BCUT2D eigenvalue weighted by molar-refractivity contribution is -0.119. The highest BCUT2D eigenvalue weighted by Gasteiger charge is 2.23. The Kier molecular flexibility index (Phi) is 7.14. The van der Waals surface area contributed by atoms with E-state index in [-0.39, 0.29) is 24.9 Å². The third-order valence-electron chi connectivity index (χ3n) is 3.60. The molecule has 7 heteroatoms. The summed E-state index contributed by atoms with van der Waals surface area (Å²) in [7, 11) is 1.92. The Balaban J connectivity index is 0.00000242. The molecule has 122 valence electrons. The van der Waals surface area contributed by atoms with Gasteiger partial charge in [-0.05, 0) is 44.2 Å². The summed E-state index contributed by atoms with van der Waals surface area (Å²) < 4.78 is 5.17. The molecular weight excluding hydrogens is 306 g/mol. The molecule has 0 bridgehead atoms. The van der Waals surface area contributed by atoms with E-state index in [0.717, 1.165) is 25.9 Å². The Morgan fingerprint density at radius 3 is 2.64 bits per heavy atom. The van der Waals surface area contributed by atoms with Crippen molar-refractivity contribution in [1.29, 1.82) is 0 Å². The SMILES string of the molecule is CNC1CCCN(C(=O)c2ccc(OCC(N)=O)cc2)C1.Cl. The Morgan fingerprint density at radius 2 is 2.05 bits per heavy atom. The van der Waals surface area contributed by atoms with Crippen LogP contribution in [0.15, 0.2) is 24.3 Å². The number of benzene rings is 1. The first-order valence-electron chi connectivity index (χ1n) is 7.08. The number of primary amides is 1. The Bertz CT molecular complexity index is 507. The second-order valence-corrected chi connectivity index (χ2v) is 5.16. The predicted octanol–water partition coefficient (Wildman–Crippen LogP) is 0.796. The number of likely N-dealkylation sites (N-methyl/N-ethyl adjacent to an activating group) is 1. The topological polar surface area (TPSA) is 84.7 Å². The lowest BCUT2D eigenvalue weighted by Gasteiger charge is -2.32. The number of nitrogens with two attached hydrogens (primary N) is 1. The van der Waals surface area contributed by atoms with E-state index in [1.165, 1.54) is 0 Å². The molecule has 0 spiro atoms. The van der Waals surface area contributed by atoms with Crippen molar-refractivity contribution in [2.45, 2.75) is 18.9 Å². The van der Waals surface area contributed by atoms with Crippen molar-refractivity contribution in [2.24, 2.45) is 5.73 Å². The molecule has 1 fully saturated rings. The molecule has 22 heavy (non-hydrogen) atoms. The molecule has 1 saturated heterocycles. The summed E-state index contributed by atoms with van der Waals surface area (Å²) in [4.78, 5) is 24.9. The molecule has 1 unspecified atom stereocenters. The first-order valence-corrected chi connectivity index (χ1v) is 7.08. The molecule has 1 aliphatic heterocycles. The van der Waals surface area contributed by atoms with Gasteiger partial charge in [0.25, 0.3) is 11.8 Å². The lowest BCUT2D eigenvalue weighted by atomic mass is 10.0. The highest BCUT2D eigenvalue weighted by molar-refractivity contribution is 5.94. The van der Waals surface area contributed by atoms with Crippen LogP contribution in [0, 0.1) is 0 Å². The first kappa shape index (κ1) is 18.3. The summed E-state index contributed by atoms with van der Waals surface area (Å²) in [6.45, 7) is 1.36. The van der Waals surface area contributed by atoms with E-state index < -0.39 is 5.91 Å². The molecule has 1 aromatic rings. The van der Waals surface area contributed by atoms with E-state index >= 15 is 0 Å². The first-order chi connectivity index (χ1) is 10.1. The van der Waals surface area contributed by atoms with Crippen molar-refractivity contribution < 1.29 is 14.3 Å². The van der Waals surface area contributed by atoms with Crippen molar-refractivity contribution in [3.8, 4) is 5.75 Å². The van der Waals surface area contributed by atoms with Gasteiger partial charge in [0, 0.05) is 24.7 Å². The fourth-order valence-corrected chi connectivity index (χ4v) is 2.43. The van der Waals surface area contributed by atoms with Crippen LogP contribution in [0.2, 0.25) is 0 Å². The summed E-state index contributed by atoms with van der Waals surface area (Å²) >= 11 is 0. The van der Waals surface area contributed by atoms with Gasteiger partial charge in [-0.15, -0.1) is 12.4 Å². The number of halogens is 1. The average Bonchev–Trinajstić information content (AvgIpc) is 2.52. The van der Waals surface area contributed by atoms with Crippen LogP contribution >= 0.6 is 12.4 Å². The zero-order chi connectivity index (χ0) is 15.2. The monoisotopic (exact) mass is 327 g/mol. The fraction of sp³-hybridized carbons (Fsp3) is 0.467. The maximum Gasteiger partial charge on any atom is 0.255 e. The minimum absolute atomic E-state index is 0. The molecule has 2 amide bonds. The predicted molar refractivity (Wildman–Crippen MR) is 86.4 cm³/mol. The molecule has 1 aliphatic rings. The maximum atomic E-state index is 12.4. The molecule has 0 aromatic heterocycles. The number of carbonyl (C=O) groups is 2. The van der Waals surface area contributed by atoms with Crippen molar-refractivity contribution in [3.63, 3.8) is 0 Å². The minimum atomic E-state index is -0.526. The molecule has 1 atom stereocenters. The van der Waals surface area contributed by atoms with Crippen LogP contribution < -0.4 is 15.8 Å². The van der Waals surface area contributed by atoms with Gasteiger partial charge in [-0.1, -0.05) is 0 Å². The molecule has 0 aliphatic carbocycles. The standard InChI is InChI=1S/C15H21N3O3.ClH/c1-17-12-3-2-8-18(9-12)15(20)11-4-6-13(7-5-11)21-10-14(16)19;/h4-7,12,17H,2-3,8-10H2,1H3,(H2,16,19);1H. The Labute approximate surface area is 136 Å². The van der Waals surface area contributed by atoms with E-state index in [9.17, 15) is 9.59 Å². The van der Waals surface area contributed by atoms with E-state index in [1.54, 1.807) is 24.3 Å². The zero-order valence-electron chi connectivity index (χ0n) is 12.6. The normalized spacial score (nSPS) is 17.5. The lowest BCUT2D eigenvalue weighted by Crippen LogP contribution is -2.46. The van der Waals surface area contributed by atoms with Crippen molar-refractivity contribution in [3.05, 3.63) is 29.8 Å². The van der Waals surface area contributed by atoms with Gasteiger partial charge in [-0.3, -0.25) is 9.59 Å². The van der Waals surface area contributed by atoms with Crippen LogP contribution in [0.25, 0.3) is 0 Å². The van der Waals surface area contributed by atoms with E-state index in [0.29, 0.717) is 17.4 Å². The zero-order valence-corrected chi connectivity index (χ0v) is 13.4. The van der Waals surface area contributed by atoms with Crippen LogP contribution in [0.3, 0.4) is 0 Å². The summed E-state index contributed by atoms with van der Waals surface area (Å²) in [6, 6.07) is 7.13. The number of carbonyl (C=O) groups excluding carboxylic acids is 2. The summed E-state index contributed by atoms with van der Waals surface area (Å²) in [5, 5.41) is 3.22. The molecule has 6 nitrogen and oxygen atoms in total. The van der Waals surface area contributed by atoms with Crippen molar-refractivity contribution in [2.75, 3.05) is 26.7 Å². The van der Waals surface area contributed by atoms with E-state index in [4.69, 9.17) is 10.5 Å². The molecule has 0 radical (unpaired) electrons. The average molecular weight is 328 g/mol. The van der Waals surface area contributed by atoms with Crippen molar-refractivity contribution >= 4 is 24.2 Å². The fourth-order valence-electron chi connectivity index (χ4n) is 2.43. The number of rotatable bonds is 5. The third-order valence-corrected chi connectivity index (χ3v) is 3.60. The molecule has 1 aromatic carbocycles. The number of likely N-dealkylation sites (tertiary alicyclic amines) is 1. The van der Waals surface area contributed by atoms with Gasteiger partial charge in [0.2, 0.25) is 0 Å². The van der Waals surface area contributed by atoms with Crippen molar-refractivity contribution in [1.82, 2.24) is 10.2 Å². The van der Waals surface area contributed by atoms with Gasteiger partial charge >= 0.3 is 0 Å². The highest BCUT2D eigenvalue weighted by atomic mass is 35.5. The molecule has 3 N–H and O–H groups in total. The quantitative estimate of drug-likeness (QED) is 0.837. The maximum absolute atomic E-state index is 12.4. The van der Waals surface area contributed by atoms with Crippen LogP contribution in [-0.2, 0) is 4.79 Å². The number of ether oxygens (including phenoxy) is 1. The van der Waals surface area contributed by atoms with Crippen LogP contribution in [0.4, 0.5) is 0 Å². The molecule has 1 heterocycles. The highest BCUT2D eigenvalue weighted by Crippen LogP contribution is 2.16. The minimum Gasteiger partial charge on any atom is -0.484 e. The Morgan fingerprint density at radius 1 is 1.36 bits per heavy atom. The van der Waals surface area contributed by atoms with Crippen LogP contribution in [0.1, 0.15) is 23.2 Å². The van der Waals surface area contributed by atoms with Gasteiger partial charge in [-0.25, -0.2) is 0 Å². The van der Waals surface area contributed by atoms with E-state index in [1.807, 2.05) is 11.9 Å². The number of piperidine rings is 1. The Hall–Kier alpha value is -1.79. The van der Waals surface area contributed by atoms with Gasteiger partial charge in [0.15, 0.2) is 6.61 Å². The second-order valence-electron chi connectivity index (χ2n) is 5.16. The van der Waals surface area contributed by atoms with Gasteiger partial charge in [0.05, 0.1) is 0 Å². The smallest absolute Gasteiger partial charge is 0.255 e. The number of nitrogens with one attached hydrogen (secondary N) is 1. The number of amides is 2. The van der Waals surface area contributed by atoms with Crippen LogP contribution in [-0.4, -0.2) is 49.5 Å². The number of hydrogen-bond acceptors (Lipinski definition) is 4. The molecule has 2 rings (SSSR count). The van der Waals surface area contributed by atoms with Crippen LogP contribution in [0.5, 0.6) is 5.75 Å². The number of hydrogen-bond donors (Lipinski definition) is 2. The molecule has 0 saturated carbocycles. The van der Waals surface area contributed by atoms with E-state index in [2.05, 4.69) is 5.32 Å². The van der Waals surface area contributed by atoms with Gasteiger partial charge < -0.3 is 20.7 Å². The van der Waals surface area contributed by atoms with Gasteiger partial charge in [-0.2, -0.15) is 0 Å². The largest absolute Gasteiger partial charge is 0.484 e. The summed E-state index contributed by atoms with van der Waals surface area (Å²) in [5.41, 5.74) is 5.63. The number of nitrogens with zero attached hydrogens (tertiary/aromatic N) is 1. The molecular formula is C15H22ClN3O3. The third kappa shape index (κ3) is 4.89.